The number of hydrogen-bond donors (Lipinski definition) is 0. The van der Waals surface area contributed by atoms with Gasteiger partial charge in [-0.05, 0) is 61.5 Å². The van der Waals surface area contributed by atoms with Crippen LogP contribution in [0.15, 0.2) is 72.0 Å². The molecule has 0 atom stereocenters. The topological polar surface area (TPSA) is 93.2 Å². The second kappa shape index (κ2) is 10.6. The van der Waals surface area contributed by atoms with Crippen LogP contribution < -0.4 is 4.74 Å². The Kier molecular flexibility index (Phi) is 7.26. The predicted molar refractivity (Wildman–Crippen MR) is 178 cm³/mol. The number of rotatable bonds is 8. The van der Waals surface area contributed by atoms with Gasteiger partial charge in [0.2, 0.25) is 0 Å². The third kappa shape index (κ3) is 4.92. The van der Waals surface area contributed by atoms with E-state index in [1.165, 1.54) is 3.97 Å². The fourth-order valence-corrected chi connectivity index (χ4v) is 7.95. The number of fused-ring (bicyclic) bond motifs is 4. The summed E-state index contributed by atoms with van der Waals surface area (Å²) in [6.07, 6.45) is 5.45. The minimum atomic E-state index is -4.05. The van der Waals surface area contributed by atoms with Crippen molar-refractivity contribution in [1.82, 2.24) is 23.3 Å². The van der Waals surface area contributed by atoms with Crippen molar-refractivity contribution < 1.29 is 17.6 Å². The minimum absolute atomic E-state index is 0.0969. The van der Waals surface area contributed by atoms with Crippen molar-refractivity contribution in [3.05, 3.63) is 72.7 Å². The van der Waals surface area contributed by atoms with Gasteiger partial charge in [-0.3, -0.25) is 4.68 Å². The Morgan fingerprint density at radius 3 is 2.39 bits per heavy atom. The molecule has 4 heterocycles. The number of ether oxygens (including phenoxy) is 1. The van der Waals surface area contributed by atoms with Crippen LogP contribution in [0.4, 0.5) is 0 Å². The van der Waals surface area contributed by atoms with Gasteiger partial charge >= 0.3 is 0 Å². The van der Waals surface area contributed by atoms with Gasteiger partial charge in [-0.2, -0.15) is 5.10 Å². The fraction of sp³-hybridized carbons (Fsp3) is 0.333. The van der Waals surface area contributed by atoms with E-state index in [4.69, 9.17) is 9.16 Å². The first kappa shape index (κ1) is 30.1. The largest absolute Gasteiger partial charge is 0.497 e. The summed E-state index contributed by atoms with van der Waals surface area (Å²) in [5, 5.41) is 6.94. The number of hydrogen-bond acceptors (Lipinski definition) is 6. The van der Waals surface area contributed by atoms with Crippen molar-refractivity contribution in [2.45, 2.75) is 57.3 Å². The monoisotopic (exact) mass is 629 g/mol. The summed E-state index contributed by atoms with van der Waals surface area (Å²) in [5.41, 5.74) is 4.38. The Labute approximate surface area is 259 Å². The molecule has 0 aliphatic carbocycles. The maximum atomic E-state index is 14.5. The highest BCUT2D eigenvalue weighted by atomic mass is 32.2. The van der Waals surface area contributed by atoms with Gasteiger partial charge in [0.1, 0.15) is 5.75 Å². The molecule has 6 aromatic rings. The minimum Gasteiger partial charge on any atom is -0.497 e. The number of pyridine rings is 1. The van der Waals surface area contributed by atoms with Crippen LogP contribution in [-0.2, 0) is 28.0 Å². The van der Waals surface area contributed by atoms with E-state index in [9.17, 15) is 8.42 Å². The van der Waals surface area contributed by atoms with Gasteiger partial charge in [-0.15, -0.1) is 0 Å². The predicted octanol–water partition coefficient (Wildman–Crippen LogP) is 7.12. The number of methoxy groups -OCH3 is 1. The lowest BCUT2D eigenvalue weighted by Gasteiger charge is -2.36. The summed E-state index contributed by atoms with van der Waals surface area (Å²) in [4.78, 5) is 4.87. The zero-order chi connectivity index (χ0) is 31.6. The van der Waals surface area contributed by atoms with Gasteiger partial charge in [0.25, 0.3) is 10.0 Å². The van der Waals surface area contributed by atoms with Gasteiger partial charge in [-0.25, -0.2) is 17.4 Å². The van der Waals surface area contributed by atoms with E-state index in [-0.39, 0.29) is 9.93 Å². The Balaban J connectivity index is 1.60. The van der Waals surface area contributed by atoms with E-state index in [2.05, 4.69) is 48.5 Å². The van der Waals surface area contributed by atoms with Crippen LogP contribution in [0.2, 0.25) is 18.1 Å². The quantitative estimate of drug-likeness (QED) is 0.167. The van der Waals surface area contributed by atoms with Gasteiger partial charge < -0.3 is 13.7 Å². The van der Waals surface area contributed by atoms with E-state index in [1.807, 2.05) is 56.6 Å². The number of aromatic nitrogens is 5. The average molecular weight is 630 g/mol. The molecular weight excluding hydrogens is 591 g/mol. The molecule has 0 aliphatic heterocycles. The smallest absolute Gasteiger partial charge is 0.269 e. The van der Waals surface area contributed by atoms with Crippen LogP contribution in [0.1, 0.15) is 26.3 Å². The molecule has 0 aliphatic rings. The number of nitrogens with zero attached hydrogens (tertiary/aromatic N) is 5. The van der Waals surface area contributed by atoms with Gasteiger partial charge in [0, 0.05) is 53.2 Å². The van der Waals surface area contributed by atoms with Crippen molar-refractivity contribution >= 4 is 51.2 Å². The van der Waals surface area contributed by atoms with Crippen molar-refractivity contribution in [2.24, 2.45) is 7.05 Å². The van der Waals surface area contributed by atoms with Crippen LogP contribution in [0.5, 0.6) is 5.75 Å². The second-order valence-corrected chi connectivity index (χ2v) is 19.5. The number of aryl methyl sites for hydroxylation is 2. The van der Waals surface area contributed by atoms with E-state index >= 15 is 0 Å². The molecule has 4 aromatic heterocycles. The molecule has 2 aromatic carbocycles. The molecule has 0 saturated carbocycles. The van der Waals surface area contributed by atoms with Crippen molar-refractivity contribution in [1.29, 1.82) is 0 Å². The Hall–Kier alpha value is -3.93. The molecular formula is C33H39N5O4SSi. The summed E-state index contributed by atoms with van der Waals surface area (Å²) in [5.74, 6) is 0.685. The van der Waals surface area contributed by atoms with Crippen LogP contribution in [0, 0.1) is 6.92 Å². The maximum absolute atomic E-state index is 14.5. The second-order valence-electron chi connectivity index (χ2n) is 12.9. The summed E-state index contributed by atoms with van der Waals surface area (Å²) in [6, 6.07) is 14.7. The third-order valence-electron chi connectivity index (χ3n) is 9.01. The fourth-order valence-electron chi connectivity index (χ4n) is 5.44. The summed E-state index contributed by atoms with van der Waals surface area (Å²) in [7, 11) is -2.51. The first-order valence-corrected chi connectivity index (χ1v) is 19.0. The summed E-state index contributed by atoms with van der Waals surface area (Å²) in [6.45, 7) is 14.3. The first-order valence-electron chi connectivity index (χ1n) is 14.7. The molecule has 9 nitrogen and oxygen atoms in total. The molecule has 0 radical (unpaired) electrons. The lowest BCUT2D eigenvalue weighted by atomic mass is 10.1. The molecule has 6 rings (SSSR count). The van der Waals surface area contributed by atoms with Crippen LogP contribution in [0.3, 0.4) is 0 Å². The van der Waals surface area contributed by atoms with E-state index in [1.54, 1.807) is 36.3 Å². The maximum Gasteiger partial charge on any atom is 0.269 e. The average Bonchev–Trinajstić information content (AvgIpc) is 3.65. The Bertz CT molecular complexity index is 2130. The molecule has 0 amide bonds. The van der Waals surface area contributed by atoms with Crippen LogP contribution in [-0.4, -0.2) is 53.8 Å². The SMILES string of the molecule is COc1ccc2c(c1)c(-c1cc3c4c(cnc3n1S(=O)(=O)c1ccc(C)cc1)cnn4C)cn2CCO[Si](C)(C)C(C)(C)C. The Morgan fingerprint density at radius 1 is 0.977 bits per heavy atom. The lowest BCUT2D eigenvalue weighted by Crippen LogP contribution is -2.41. The Morgan fingerprint density at radius 2 is 1.70 bits per heavy atom. The third-order valence-corrected chi connectivity index (χ3v) is 15.3. The van der Waals surface area contributed by atoms with Gasteiger partial charge in [-0.1, -0.05) is 38.5 Å². The van der Waals surface area contributed by atoms with Crippen molar-refractivity contribution in [2.75, 3.05) is 13.7 Å². The van der Waals surface area contributed by atoms with Crippen LogP contribution in [0.25, 0.3) is 44.1 Å². The molecule has 0 spiro atoms. The van der Waals surface area contributed by atoms with E-state index < -0.39 is 18.3 Å². The molecule has 0 N–H and O–H groups in total. The van der Waals surface area contributed by atoms with E-state index in [0.29, 0.717) is 35.6 Å². The summed E-state index contributed by atoms with van der Waals surface area (Å²) < 4.78 is 46.4. The zero-order valence-electron chi connectivity index (χ0n) is 26.5. The molecule has 230 valence electrons. The van der Waals surface area contributed by atoms with E-state index in [0.717, 1.165) is 32.9 Å². The number of benzene rings is 2. The highest BCUT2D eigenvalue weighted by Crippen LogP contribution is 2.40. The zero-order valence-corrected chi connectivity index (χ0v) is 28.4. The molecule has 11 heteroatoms. The normalized spacial score (nSPS) is 13.0. The summed E-state index contributed by atoms with van der Waals surface area (Å²) >= 11 is 0. The van der Waals surface area contributed by atoms with Crippen molar-refractivity contribution in [3.8, 4) is 17.0 Å². The van der Waals surface area contributed by atoms with Gasteiger partial charge in [0.05, 0.1) is 36.0 Å². The van der Waals surface area contributed by atoms with Crippen molar-refractivity contribution in [3.63, 3.8) is 0 Å². The molecule has 44 heavy (non-hydrogen) atoms. The standard InChI is InChI=1S/C33H39N5O4SSi/c1-22-9-12-25(13-10-22)43(39,40)38-30(18-27-31-23(19-34-32(27)38)20-35-36(31)5)28-21-37(15-16-42-44(7,8)33(2,3)4)29-14-11-24(41-6)17-26(28)29/h9-14,17-21H,15-16H2,1-8H3. The molecule has 0 unspecified atom stereocenters. The first-order chi connectivity index (χ1) is 20.7. The molecule has 0 bridgehead atoms. The lowest BCUT2D eigenvalue weighted by molar-refractivity contribution is 0.273. The van der Waals surface area contributed by atoms with Gasteiger partial charge in [0.15, 0.2) is 14.0 Å². The highest BCUT2D eigenvalue weighted by Gasteiger charge is 2.37. The highest BCUT2D eigenvalue weighted by molar-refractivity contribution is 7.90. The molecule has 0 fully saturated rings. The molecule has 0 saturated heterocycles. The van der Waals surface area contributed by atoms with Crippen LogP contribution >= 0.6 is 0 Å².